The molecule has 1 rings (SSSR count). The number of allylic oxidation sites excluding steroid dienone is 4. The number of rotatable bonds is 0. The summed E-state index contributed by atoms with van der Waals surface area (Å²) in [5.74, 6) is 0. The Morgan fingerprint density at radius 2 is 1.50 bits per heavy atom. The molecular weight excluding hydrogens is 245 g/mol. The molecule has 1 aliphatic carbocycles. The summed E-state index contributed by atoms with van der Waals surface area (Å²) in [7, 11) is 0. The number of hydrogen-bond donors (Lipinski definition) is 0. The second kappa shape index (κ2) is 22.5. The Hall–Kier alpha value is -0.887. The summed E-state index contributed by atoms with van der Waals surface area (Å²) in [5, 5.41) is 0. The topological polar surface area (TPSA) is 51.2 Å². The van der Waals surface area contributed by atoms with E-state index in [1.54, 1.807) is 0 Å². The molecule has 0 radical (unpaired) electrons. The molecule has 0 aliphatic heterocycles. The molecule has 0 aromatic heterocycles. The van der Waals surface area contributed by atoms with Crippen LogP contribution in [0.25, 0.3) is 0 Å². The SMILES string of the molecule is C=O.C=O.C=O.[Ru][C]1=CC=CC1. The summed E-state index contributed by atoms with van der Waals surface area (Å²) in [6.45, 7) is 6.00. The van der Waals surface area contributed by atoms with Gasteiger partial charge in [0.15, 0.2) is 0 Å². The molecule has 0 heterocycles. The molecular formula is C8H11O3Ru. The standard InChI is InChI=1S/C5H5.3CH2O.Ru/c1-2-4-5-3-1;3*1-2;/h1-3H,4H2;3*1H2;. The van der Waals surface area contributed by atoms with Crippen LogP contribution in [0.1, 0.15) is 6.42 Å². The fraction of sp³-hybridized carbons (Fsp3) is 0.125. The van der Waals surface area contributed by atoms with Gasteiger partial charge in [0.2, 0.25) is 0 Å². The van der Waals surface area contributed by atoms with Crippen LogP contribution in [0.3, 0.4) is 0 Å². The quantitative estimate of drug-likeness (QED) is 0.603. The minimum atomic E-state index is 1.14. The van der Waals surface area contributed by atoms with Gasteiger partial charge in [-0.25, -0.2) is 0 Å². The molecule has 0 N–H and O–H groups in total. The molecule has 0 bridgehead atoms. The average Bonchev–Trinajstić information content (AvgIpc) is 2.66. The first-order chi connectivity index (χ1) is 5.89. The molecule has 12 heavy (non-hydrogen) atoms. The fourth-order valence-electron chi connectivity index (χ4n) is 0.416. The van der Waals surface area contributed by atoms with E-state index in [2.05, 4.69) is 36.5 Å². The predicted octanol–water partition coefficient (Wildman–Crippen LogP) is 0.822. The normalized spacial score (nSPS) is 10.2. The van der Waals surface area contributed by atoms with Crippen LogP contribution in [0, 0.1) is 0 Å². The molecule has 0 saturated heterocycles. The Kier molecular flexibility index (Phi) is 32.3. The van der Waals surface area contributed by atoms with Crippen molar-refractivity contribution in [2.45, 2.75) is 6.42 Å². The van der Waals surface area contributed by atoms with E-state index in [0.29, 0.717) is 0 Å². The third kappa shape index (κ3) is 16.1. The van der Waals surface area contributed by atoms with Crippen LogP contribution in [0.4, 0.5) is 0 Å². The van der Waals surface area contributed by atoms with E-state index in [1.807, 2.05) is 20.4 Å². The number of carbonyl (C=O) groups is 3. The van der Waals surface area contributed by atoms with Gasteiger partial charge in [-0.3, -0.25) is 0 Å². The molecule has 0 amide bonds. The van der Waals surface area contributed by atoms with Gasteiger partial charge in [-0.15, -0.1) is 0 Å². The van der Waals surface area contributed by atoms with E-state index in [4.69, 9.17) is 14.4 Å². The van der Waals surface area contributed by atoms with Crippen LogP contribution in [-0.4, -0.2) is 20.4 Å². The summed E-state index contributed by atoms with van der Waals surface area (Å²) >= 11 is 2.59. The summed E-state index contributed by atoms with van der Waals surface area (Å²) in [6.07, 6.45) is 7.46. The van der Waals surface area contributed by atoms with Crippen molar-refractivity contribution >= 4 is 20.4 Å². The van der Waals surface area contributed by atoms with Gasteiger partial charge in [0, 0.05) is 0 Å². The predicted molar refractivity (Wildman–Crippen MR) is 43.2 cm³/mol. The van der Waals surface area contributed by atoms with E-state index in [0.717, 1.165) is 6.42 Å². The molecule has 4 heteroatoms. The molecule has 0 atom stereocenters. The van der Waals surface area contributed by atoms with Crippen LogP contribution in [0.5, 0.6) is 0 Å². The zero-order valence-corrected chi connectivity index (χ0v) is 8.38. The van der Waals surface area contributed by atoms with Gasteiger partial charge in [0.1, 0.15) is 20.4 Å². The molecule has 0 aromatic rings. The molecule has 0 unspecified atom stereocenters. The van der Waals surface area contributed by atoms with Gasteiger partial charge in [-0.1, -0.05) is 0 Å². The van der Waals surface area contributed by atoms with Crippen LogP contribution in [0.15, 0.2) is 22.4 Å². The summed E-state index contributed by atoms with van der Waals surface area (Å²) in [5.41, 5.74) is 0. The molecule has 1 aliphatic rings. The summed E-state index contributed by atoms with van der Waals surface area (Å²) < 4.78 is 1.40. The van der Waals surface area contributed by atoms with Crippen molar-refractivity contribution in [3.8, 4) is 0 Å². The molecule has 3 nitrogen and oxygen atoms in total. The maximum absolute atomic E-state index is 8.00. The van der Waals surface area contributed by atoms with Crippen molar-refractivity contribution in [2.24, 2.45) is 0 Å². The zero-order chi connectivity index (χ0) is 10.4. The first-order valence-electron chi connectivity index (χ1n) is 2.76. The molecule has 0 aromatic carbocycles. The third-order valence-electron chi connectivity index (χ3n) is 0.717. The second-order valence-corrected chi connectivity index (χ2v) is 2.35. The fourth-order valence-corrected chi connectivity index (χ4v) is 0.788. The van der Waals surface area contributed by atoms with Crippen molar-refractivity contribution in [1.82, 2.24) is 0 Å². The average molecular weight is 256 g/mol. The van der Waals surface area contributed by atoms with Crippen molar-refractivity contribution in [3.63, 3.8) is 0 Å². The van der Waals surface area contributed by atoms with Gasteiger partial charge in [-0.05, 0) is 0 Å². The van der Waals surface area contributed by atoms with Crippen LogP contribution in [-0.2, 0) is 32.7 Å². The summed E-state index contributed by atoms with van der Waals surface area (Å²) in [4.78, 5) is 24.0. The maximum atomic E-state index is 8.00. The molecule has 69 valence electrons. The van der Waals surface area contributed by atoms with Crippen molar-refractivity contribution in [2.75, 3.05) is 0 Å². The number of hydrogen-bond acceptors (Lipinski definition) is 3. The first kappa shape index (κ1) is 17.3. The monoisotopic (exact) mass is 257 g/mol. The van der Waals surface area contributed by atoms with Crippen LogP contribution >= 0.6 is 0 Å². The Bertz CT molecular complexity index is 138. The summed E-state index contributed by atoms with van der Waals surface area (Å²) in [6, 6.07) is 0. The van der Waals surface area contributed by atoms with Gasteiger partial charge < -0.3 is 14.4 Å². The van der Waals surface area contributed by atoms with Gasteiger partial charge in [0.25, 0.3) is 0 Å². The van der Waals surface area contributed by atoms with E-state index >= 15 is 0 Å². The van der Waals surface area contributed by atoms with Crippen LogP contribution < -0.4 is 0 Å². The van der Waals surface area contributed by atoms with Crippen molar-refractivity contribution in [3.05, 3.63) is 22.4 Å². The van der Waals surface area contributed by atoms with Gasteiger partial charge in [-0.2, -0.15) is 0 Å². The molecule has 0 spiro atoms. The number of carbonyl (C=O) groups excluding carboxylic acids is 3. The first-order valence-corrected chi connectivity index (χ1v) is 3.63. The third-order valence-corrected chi connectivity index (χ3v) is 1.36. The molecule has 0 fully saturated rings. The van der Waals surface area contributed by atoms with Crippen LogP contribution in [0.2, 0.25) is 0 Å². The van der Waals surface area contributed by atoms with E-state index in [-0.39, 0.29) is 0 Å². The van der Waals surface area contributed by atoms with Crippen molar-refractivity contribution < 1.29 is 32.7 Å². The Morgan fingerprint density at radius 1 is 1.08 bits per heavy atom. The zero-order valence-electron chi connectivity index (χ0n) is 6.64. The Morgan fingerprint density at radius 3 is 1.58 bits per heavy atom. The Labute approximate surface area is 82.2 Å². The molecule has 0 saturated carbocycles. The second-order valence-electron chi connectivity index (χ2n) is 1.23. The van der Waals surface area contributed by atoms with Gasteiger partial charge in [0.05, 0.1) is 0 Å². The van der Waals surface area contributed by atoms with E-state index < -0.39 is 0 Å². The van der Waals surface area contributed by atoms with E-state index in [1.165, 1.54) is 4.17 Å². The van der Waals surface area contributed by atoms with E-state index in [9.17, 15) is 0 Å². The van der Waals surface area contributed by atoms with Crippen molar-refractivity contribution in [1.29, 1.82) is 0 Å². The minimum absolute atomic E-state index is 1.14. The van der Waals surface area contributed by atoms with Gasteiger partial charge >= 0.3 is 47.1 Å². The Balaban J connectivity index is -0.000000117.